The molecule has 0 unspecified atom stereocenters. The Kier molecular flexibility index (Phi) is 5.31. The number of anilines is 1. The van der Waals surface area contributed by atoms with E-state index in [1.54, 1.807) is 0 Å². The zero-order valence-corrected chi connectivity index (χ0v) is 16.7. The molecule has 0 radical (unpaired) electrons. The Bertz CT molecular complexity index is 1070. The van der Waals surface area contributed by atoms with Gasteiger partial charge in [-0.25, -0.2) is 0 Å². The lowest BCUT2D eigenvalue weighted by Gasteiger charge is -2.35. The quantitative estimate of drug-likeness (QED) is 0.634. The summed E-state index contributed by atoms with van der Waals surface area (Å²) in [4.78, 5) is 20.8. The second kappa shape index (κ2) is 7.76. The third kappa shape index (κ3) is 4.43. The number of benzene rings is 2. The van der Waals surface area contributed by atoms with Crippen LogP contribution in [-0.2, 0) is 12.7 Å². The maximum atomic E-state index is 12.9. The van der Waals surface area contributed by atoms with Crippen molar-refractivity contribution in [3.8, 4) is 0 Å². The van der Waals surface area contributed by atoms with Gasteiger partial charge in [0.15, 0.2) is 5.13 Å². The van der Waals surface area contributed by atoms with Gasteiger partial charge in [0.05, 0.1) is 10.9 Å². The number of fused-ring (bicyclic) bond motifs is 1. The molecule has 1 fully saturated rings. The van der Waals surface area contributed by atoms with Crippen LogP contribution in [0, 0.1) is 6.92 Å². The van der Waals surface area contributed by atoms with E-state index in [-0.39, 0.29) is 5.39 Å². The third-order valence-corrected chi connectivity index (χ3v) is 6.21. The van der Waals surface area contributed by atoms with Crippen molar-refractivity contribution in [2.75, 3.05) is 31.1 Å². The van der Waals surface area contributed by atoms with Gasteiger partial charge in [-0.2, -0.15) is 18.2 Å². The van der Waals surface area contributed by atoms with Crippen LogP contribution in [0.5, 0.6) is 0 Å². The number of nitrogens with zero attached hydrogens (tertiary/aromatic N) is 3. The SMILES string of the molecule is Cc1ccc(CN2CCN(c3nc(=O)c4cc(C(F)(F)F)ccc4s3)CC2)cc1. The Morgan fingerprint density at radius 1 is 1.03 bits per heavy atom. The van der Waals surface area contributed by atoms with Gasteiger partial charge in [0.2, 0.25) is 0 Å². The van der Waals surface area contributed by atoms with Crippen molar-refractivity contribution in [1.29, 1.82) is 0 Å². The van der Waals surface area contributed by atoms with Crippen molar-refractivity contribution in [3.63, 3.8) is 0 Å². The zero-order valence-electron chi connectivity index (χ0n) is 15.9. The summed E-state index contributed by atoms with van der Waals surface area (Å²) >= 11 is 1.26. The summed E-state index contributed by atoms with van der Waals surface area (Å²) in [6.45, 7) is 6.05. The lowest BCUT2D eigenvalue weighted by Crippen LogP contribution is -2.46. The number of aryl methyl sites for hydroxylation is 1. The Balaban J connectivity index is 1.48. The van der Waals surface area contributed by atoms with Gasteiger partial charge in [0.25, 0.3) is 5.56 Å². The summed E-state index contributed by atoms with van der Waals surface area (Å²) in [5.41, 5.74) is 1.06. The van der Waals surface area contributed by atoms with Gasteiger partial charge < -0.3 is 4.90 Å². The first-order valence-electron chi connectivity index (χ1n) is 9.34. The highest BCUT2D eigenvalue weighted by atomic mass is 32.1. The number of piperazine rings is 1. The van der Waals surface area contributed by atoms with Crippen LogP contribution in [0.1, 0.15) is 16.7 Å². The molecule has 1 aromatic heterocycles. The minimum absolute atomic E-state index is 0.0200. The Morgan fingerprint density at radius 2 is 1.72 bits per heavy atom. The number of hydrogen-bond donors (Lipinski definition) is 0. The van der Waals surface area contributed by atoms with E-state index >= 15 is 0 Å². The number of rotatable bonds is 3. The Hall–Kier alpha value is -2.45. The molecule has 29 heavy (non-hydrogen) atoms. The number of aromatic nitrogens is 1. The summed E-state index contributed by atoms with van der Waals surface area (Å²) in [5.74, 6) is 0. The predicted octanol–water partition coefficient (Wildman–Crippen LogP) is 4.31. The second-order valence-electron chi connectivity index (χ2n) is 7.26. The lowest BCUT2D eigenvalue weighted by atomic mass is 10.1. The molecular formula is C21H20F3N3OS. The van der Waals surface area contributed by atoms with Gasteiger partial charge >= 0.3 is 6.18 Å². The van der Waals surface area contributed by atoms with Crippen LogP contribution in [0.4, 0.5) is 18.3 Å². The largest absolute Gasteiger partial charge is 0.416 e. The lowest BCUT2D eigenvalue weighted by molar-refractivity contribution is -0.137. The van der Waals surface area contributed by atoms with Crippen LogP contribution < -0.4 is 10.5 Å². The molecule has 152 valence electrons. The maximum absolute atomic E-state index is 12.9. The molecule has 1 aliphatic rings. The third-order valence-electron chi connectivity index (χ3n) is 5.11. The summed E-state index contributed by atoms with van der Waals surface area (Å²) < 4.78 is 39.2. The van der Waals surface area contributed by atoms with E-state index < -0.39 is 17.3 Å². The normalized spacial score (nSPS) is 15.8. The van der Waals surface area contributed by atoms with E-state index in [2.05, 4.69) is 41.1 Å². The van der Waals surface area contributed by atoms with E-state index in [9.17, 15) is 18.0 Å². The zero-order chi connectivity index (χ0) is 20.6. The molecular weight excluding hydrogens is 399 g/mol. The van der Waals surface area contributed by atoms with E-state index in [1.807, 2.05) is 4.90 Å². The fourth-order valence-corrected chi connectivity index (χ4v) is 4.44. The molecule has 1 saturated heterocycles. The van der Waals surface area contributed by atoms with Crippen LogP contribution >= 0.6 is 11.3 Å². The molecule has 0 amide bonds. The van der Waals surface area contributed by atoms with Crippen LogP contribution in [0.15, 0.2) is 47.3 Å². The first kappa shape index (κ1) is 19.8. The summed E-state index contributed by atoms with van der Waals surface area (Å²) in [6.07, 6.45) is -4.47. The average Bonchev–Trinajstić information content (AvgIpc) is 2.69. The van der Waals surface area contributed by atoms with Gasteiger partial charge in [0, 0.05) is 37.4 Å². The number of halogens is 3. The Morgan fingerprint density at radius 3 is 2.38 bits per heavy atom. The van der Waals surface area contributed by atoms with E-state index in [0.29, 0.717) is 9.83 Å². The maximum Gasteiger partial charge on any atom is 0.416 e. The van der Waals surface area contributed by atoms with E-state index in [1.165, 1.54) is 28.5 Å². The van der Waals surface area contributed by atoms with Gasteiger partial charge in [0.1, 0.15) is 0 Å². The van der Waals surface area contributed by atoms with Gasteiger partial charge in [-0.3, -0.25) is 9.69 Å². The molecule has 0 bridgehead atoms. The van der Waals surface area contributed by atoms with Crippen molar-refractivity contribution in [3.05, 3.63) is 69.5 Å². The van der Waals surface area contributed by atoms with Crippen molar-refractivity contribution in [1.82, 2.24) is 9.88 Å². The molecule has 1 aliphatic heterocycles. The second-order valence-corrected chi connectivity index (χ2v) is 8.27. The van der Waals surface area contributed by atoms with Crippen LogP contribution in [-0.4, -0.2) is 36.1 Å². The van der Waals surface area contributed by atoms with Crippen molar-refractivity contribution in [2.24, 2.45) is 0 Å². The molecule has 0 saturated carbocycles. The highest BCUT2D eigenvalue weighted by Gasteiger charge is 2.31. The van der Waals surface area contributed by atoms with Crippen LogP contribution in [0.25, 0.3) is 10.1 Å². The van der Waals surface area contributed by atoms with E-state index in [0.717, 1.165) is 44.9 Å². The molecule has 2 heterocycles. The molecule has 4 nitrogen and oxygen atoms in total. The van der Waals surface area contributed by atoms with Crippen LogP contribution in [0.3, 0.4) is 0 Å². The summed E-state index contributed by atoms with van der Waals surface area (Å²) in [5, 5.41) is 0.587. The molecule has 2 aromatic carbocycles. The highest BCUT2D eigenvalue weighted by molar-refractivity contribution is 7.21. The smallest absolute Gasteiger partial charge is 0.345 e. The molecule has 4 rings (SSSR count). The topological polar surface area (TPSA) is 36.4 Å². The van der Waals surface area contributed by atoms with Crippen molar-refractivity contribution >= 4 is 26.6 Å². The summed E-state index contributed by atoms with van der Waals surface area (Å²) in [6, 6.07) is 11.7. The fraction of sp³-hybridized carbons (Fsp3) is 0.333. The number of hydrogen-bond acceptors (Lipinski definition) is 5. The highest BCUT2D eigenvalue weighted by Crippen LogP contribution is 2.32. The first-order chi connectivity index (χ1) is 13.8. The number of alkyl halides is 3. The standard InChI is InChI=1S/C21H20F3N3OS/c1-14-2-4-15(5-3-14)13-26-8-10-27(11-9-26)20-25-19(28)17-12-16(21(22,23)24)6-7-18(17)29-20/h2-7,12H,8-11,13H2,1H3. The predicted molar refractivity (Wildman–Crippen MR) is 110 cm³/mol. The molecule has 0 N–H and O–H groups in total. The van der Waals surface area contributed by atoms with Crippen molar-refractivity contribution in [2.45, 2.75) is 19.6 Å². The molecule has 0 atom stereocenters. The van der Waals surface area contributed by atoms with Gasteiger partial charge in [-0.15, -0.1) is 0 Å². The van der Waals surface area contributed by atoms with Crippen LogP contribution in [0.2, 0.25) is 0 Å². The molecule has 0 aliphatic carbocycles. The monoisotopic (exact) mass is 419 g/mol. The minimum atomic E-state index is -4.47. The Labute approximate surface area is 170 Å². The van der Waals surface area contributed by atoms with Gasteiger partial charge in [-0.1, -0.05) is 41.2 Å². The van der Waals surface area contributed by atoms with Crippen molar-refractivity contribution < 1.29 is 13.2 Å². The fourth-order valence-electron chi connectivity index (χ4n) is 3.41. The summed E-state index contributed by atoms with van der Waals surface area (Å²) in [7, 11) is 0. The first-order valence-corrected chi connectivity index (χ1v) is 10.2. The molecule has 0 spiro atoms. The van der Waals surface area contributed by atoms with Gasteiger partial charge in [-0.05, 0) is 30.7 Å². The molecule has 8 heteroatoms. The average molecular weight is 419 g/mol. The van der Waals surface area contributed by atoms with E-state index in [4.69, 9.17) is 0 Å². The molecule has 3 aromatic rings. The minimum Gasteiger partial charge on any atom is -0.345 e.